The first-order valence-electron chi connectivity index (χ1n) is 6.28. The fourth-order valence-corrected chi connectivity index (χ4v) is 2.04. The molecule has 0 saturated carbocycles. The van der Waals surface area contributed by atoms with Crippen molar-refractivity contribution in [2.75, 3.05) is 0 Å². The van der Waals surface area contributed by atoms with Crippen molar-refractivity contribution in [3.8, 4) is 0 Å². The predicted octanol–water partition coefficient (Wildman–Crippen LogP) is 2.15. The summed E-state index contributed by atoms with van der Waals surface area (Å²) in [5.41, 5.74) is 3.42. The van der Waals surface area contributed by atoms with Crippen LogP contribution in [0.3, 0.4) is 0 Å². The van der Waals surface area contributed by atoms with Crippen LogP contribution in [0.25, 0.3) is 6.08 Å². The minimum atomic E-state index is -0.0274. The van der Waals surface area contributed by atoms with Gasteiger partial charge >= 0.3 is 0 Å². The number of carbonyl (C=O) groups is 1. The average Bonchev–Trinajstić information content (AvgIpc) is 2.89. The highest BCUT2D eigenvalue weighted by molar-refractivity contribution is 6.07. The van der Waals surface area contributed by atoms with Gasteiger partial charge in [-0.2, -0.15) is 10.2 Å². The van der Waals surface area contributed by atoms with Gasteiger partial charge in [0.15, 0.2) is 5.78 Å². The lowest BCUT2D eigenvalue weighted by Gasteiger charge is -1.99. The molecule has 0 unspecified atom stereocenters. The second-order valence-corrected chi connectivity index (χ2v) is 4.50. The fourth-order valence-electron chi connectivity index (χ4n) is 2.04. The van der Waals surface area contributed by atoms with Gasteiger partial charge in [0.2, 0.25) is 0 Å². The molecule has 0 spiro atoms. The van der Waals surface area contributed by atoms with Gasteiger partial charge in [-0.05, 0) is 32.9 Å². The summed E-state index contributed by atoms with van der Waals surface area (Å²) >= 11 is 0. The molecule has 0 fully saturated rings. The van der Waals surface area contributed by atoms with Gasteiger partial charge < -0.3 is 0 Å². The van der Waals surface area contributed by atoms with E-state index in [0.29, 0.717) is 5.56 Å². The zero-order chi connectivity index (χ0) is 14.0. The molecule has 2 aromatic heterocycles. The molecule has 0 aliphatic heterocycles. The molecule has 0 N–H and O–H groups in total. The minimum absolute atomic E-state index is 0.0274. The molecule has 0 saturated heterocycles. The summed E-state index contributed by atoms with van der Waals surface area (Å²) < 4.78 is 3.55. The Kier molecular flexibility index (Phi) is 3.64. The SMILES string of the molecule is CCn1ncc(C(=O)C=Cc2cn(C)nc2C)c1C. The molecule has 0 bridgehead atoms. The summed E-state index contributed by atoms with van der Waals surface area (Å²) in [6.07, 6.45) is 6.89. The highest BCUT2D eigenvalue weighted by atomic mass is 16.1. The third-order valence-electron chi connectivity index (χ3n) is 3.13. The number of allylic oxidation sites excluding steroid dienone is 1. The molecular formula is C14H18N4O. The van der Waals surface area contributed by atoms with Gasteiger partial charge in [-0.15, -0.1) is 0 Å². The van der Waals surface area contributed by atoms with Gasteiger partial charge in [0, 0.05) is 31.0 Å². The maximum Gasteiger partial charge on any atom is 0.189 e. The Hall–Kier alpha value is -2.17. The monoisotopic (exact) mass is 258 g/mol. The average molecular weight is 258 g/mol. The van der Waals surface area contributed by atoms with E-state index in [1.165, 1.54) is 0 Å². The molecule has 5 heteroatoms. The van der Waals surface area contributed by atoms with E-state index in [1.807, 2.05) is 38.7 Å². The van der Waals surface area contributed by atoms with Crippen LogP contribution in [0, 0.1) is 13.8 Å². The van der Waals surface area contributed by atoms with Crippen LogP contribution in [0.2, 0.25) is 0 Å². The number of hydrogen-bond donors (Lipinski definition) is 0. The predicted molar refractivity (Wildman–Crippen MR) is 73.9 cm³/mol. The molecular weight excluding hydrogens is 240 g/mol. The molecule has 0 aliphatic rings. The van der Waals surface area contributed by atoms with Gasteiger partial charge in [0.25, 0.3) is 0 Å². The molecule has 0 atom stereocenters. The van der Waals surface area contributed by atoms with E-state index in [0.717, 1.165) is 23.5 Å². The zero-order valence-electron chi connectivity index (χ0n) is 11.7. The van der Waals surface area contributed by atoms with Crippen molar-refractivity contribution in [1.82, 2.24) is 19.6 Å². The first kappa shape index (κ1) is 13.3. The van der Waals surface area contributed by atoms with Crippen molar-refractivity contribution in [2.45, 2.75) is 27.3 Å². The summed E-state index contributed by atoms with van der Waals surface area (Å²) in [7, 11) is 1.86. The zero-order valence-corrected chi connectivity index (χ0v) is 11.7. The molecule has 0 amide bonds. The number of hydrogen-bond acceptors (Lipinski definition) is 3. The third-order valence-corrected chi connectivity index (χ3v) is 3.13. The van der Waals surface area contributed by atoms with Crippen LogP contribution in [0.15, 0.2) is 18.5 Å². The molecule has 100 valence electrons. The smallest absolute Gasteiger partial charge is 0.189 e. The van der Waals surface area contributed by atoms with E-state index in [-0.39, 0.29) is 5.78 Å². The normalized spacial score (nSPS) is 11.4. The molecule has 19 heavy (non-hydrogen) atoms. The molecule has 5 nitrogen and oxygen atoms in total. The van der Waals surface area contributed by atoms with E-state index < -0.39 is 0 Å². The first-order chi connectivity index (χ1) is 9.02. The standard InChI is InChI=1S/C14H18N4O/c1-5-18-11(3)13(8-15-18)14(19)7-6-12-9-17(4)16-10(12)2/h6-9H,5H2,1-4H3. The Morgan fingerprint density at radius 2 is 2.16 bits per heavy atom. The van der Waals surface area contributed by atoms with E-state index >= 15 is 0 Å². The first-order valence-corrected chi connectivity index (χ1v) is 6.28. The van der Waals surface area contributed by atoms with Crippen LogP contribution in [-0.2, 0) is 13.6 Å². The quantitative estimate of drug-likeness (QED) is 0.623. The third kappa shape index (κ3) is 2.65. The Balaban J connectivity index is 2.21. The largest absolute Gasteiger partial charge is 0.289 e. The molecule has 0 radical (unpaired) electrons. The summed E-state index contributed by atoms with van der Waals surface area (Å²) in [6, 6.07) is 0. The number of carbonyl (C=O) groups excluding carboxylic acids is 1. The Morgan fingerprint density at radius 1 is 1.42 bits per heavy atom. The molecule has 2 rings (SSSR count). The number of aromatic nitrogens is 4. The van der Waals surface area contributed by atoms with Gasteiger partial charge in [-0.3, -0.25) is 14.2 Å². The number of aryl methyl sites for hydroxylation is 3. The van der Waals surface area contributed by atoms with Gasteiger partial charge in [-0.25, -0.2) is 0 Å². The van der Waals surface area contributed by atoms with Crippen LogP contribution < -0.4 is 0 Å². The Morgan fingerprint density at radius 3 is 2.68 bits per heavy atom. The van der Waals surface area contributed by atoms with Crippen LogP contribution in [0.5, 0.6) is 0 Å². The van der Waals surface area contributed by atoms with Crippen molar-refractivity contribution >= 4 is 11.9 Å². The van der Waals surface area contributed by atoms with E-state index in [2.05, 4.69) is 10.2 Å². The van der Waals surface area contributed by atoms with Crippen LogP contribution in [-0.4, -0.2) is 25.3 Å². The van der Waals surface area contributed by atoms with E-state index in [1.54, 1.807) is 23.0 Å². The van der Waals surface area contributed by atoms with E-state index in [4.69, 9.17) is 0 Å². The van der Waals surface area contributed by atoms with Crippen molar-refractivity contribution in [2.24, 2.45) is 7.05 Å². The van der Waals surface area contributed by atoms with Gasteiger partial charge in [0.05, 0.1) is 17.5 Å². The summed E-state index contributed by atoms with van der Waals surface area (Å²) in [6.45, 7) is 6.60. The van der Waals surface area contributed by atoms with Crippen LogP contribution in [0.1, 0.15) is 34.2 Å². The van der Waals surface area contributed by atoms with Gasteiger partial charge in [-0.1, -0.05) is 0 Å². The number of ketones is 1. The fraction of sp³-hybridized carbons (Fsp3) is 0.357. The summed E-state index contributed by atoms with van der Waals surface area (Å²) in [5, 5.41) is 8.41. The van der Waals surface area contributed by atoms with Crippen molar-refractivity contribution in [3.05, 3.63) is 41.0 Å². The minimum Gasteiger partial charge on any atom is -0.289 e. The van der Waals surface area contributed by atoms with Crippen LogP contribution >= 0.6 is 0 Å². The molecule has 2 heterocycles. The van der Waals surface area contributed by atoms with Gasteiger partial charge in [0.1, 0.15) is 0 Å². The summed E-state index contributed by atoms with van der Waals surface area (Å²) in [5.74, 6) is -0.0274. The van der Waals surface area contributed by atoms with Crippen molar-refractivity contribution in [3.63, 3.8) is 0 Å². The van der Waals surface area contributed by atoms with E-state index in [9.17, 15) is 4.79 Å². The van der Waals surface area contributed by atoms with Crippen molar-refractivity contribution in [1.29, 1.82) is 0 Å². The molecule has 0 aromatic carbocycles. The highest BCUT2D eigenvalue weighted by Gasteiger charge is 2.11. The maximum absolute atomic E-state index is 12.1. The topological polar surface area (TPSA) is 52.7 Å². The molecule has 0 aliphatic carbocycles. The van der Waals surface area contributed by atoms with Crippen molar-refractivity contribution < 1.29 is 4.79 Å². The highest BCUT2D eigenvalue weighted by Crippen LogP contribution is 2.11. The second kappa shape index (κ2) is 5.22. The maximum atomic E-state index is 12.1. The summed E-state index contributed by atoms with van der Waals surface area (Å²) in [4.78, 5) is 12.1. The lowest BCUT2D eigenvalue weighted by atomic mass is 10.1. The van der Waals surface area contributed by atoms with Crippen LogP contribution in [0.4, 0.5) is 0 Å². The lowest BCUT2D eigenvalue weighted by Crippen LogP contribution is -2.01. The Labute approximate surface area is 112 Å². The second-order valence-electron chi connectivity index (χ2n) is 4.50. The number of nitrogens with zero attached hydrogens (tertiary/aromatic N) is 4. The lowest BCUT2D eigenvalue weighted by molar-refractivity contribution is 0.104. The molecule has 2 aromatic rings. The number of rotatable bonds is 4. The Bertz CT molecular complexity index is 634.